The molecule has 0 saturated heterocycles. The summed E-state index contributed by atoms with van der Waals surface area (Å²) in [5.41, 5.74) is -0.798. The molecule has 1 unspecified atom stereocenters. The van der Waals surface area contributed by atoms with Gasteiger partial charge >= 0.3 is 0 Å². The van der Waals surface area contributed by atoms with Crippen LogP contribution in [0, 0.1) is 23.3 Å². The molecule has 2 rings (SSSR count). The van der Waals surface area contributed by atoms with E-state index in [0.29, 0.717) is 6.07 Å². The average molecular weight is 316 g/mol. The Hall–Kier alpha value is -2.02. The summed E-state index contributed by atoms with van der Waals surface area (Å²) in [6, 6.07) is 5.37. The number of halogens is 4. The first-order chi connectivity index (χ1) is 9.90. The Morgan fingerprint density at radius 2 is 1.52 bits per heavy atom. The molecule has 2 nitrogen and oxygen atoms in total. The highest BCUT2D eigenvalue weighted by Crippen LogP contribution is 2.16. The summed E-state index contributed by atoms with van der Waals surface area (Å²) in [4.78, 5) is 11.6. The zero-order valence-corrected chi connectivity index (χ0v) is 11.2. The number of rotatable bonds is 4. The number of Topliss-reactive ketones (excluding diaryl/α,β-unsaturated/α-hetero) is 1. The molecule has 110 valence electrons. The summed E-state index contributed by atoms with van der Waals surface area (Å²) < 4.78 is 64.4. The third-order valence-corrected chi connectivity index (χ3v) is 3.96. The van der Waals surface area contributed by atoms with Gasteiger partial charge in [-0.15, -0.1) is 0 Å². The van der Waals surface area contributed by atoms with Gasteiger partial charge in [0.15, 0.2) is 17.4 Å². The Morgan fingerprint density at radius 3 is 2.10 bits per heavy atom. The van der Waals surface area contributed by atoms with Gasteiger partial charge in [-0.1, -0.05) is 6.07 Å². The van der Waals surface area contributed by atoms with Crippen LogP contribution in [0.3, 0.4) is 0 Å². The second kappa shape index (κ2) is 6.17. The highest BCUT2D eigenvalue weighted by molar-refractivity contribution is 7.85. The van der Waals surface area contributed by atoms with Crippen LogP contribution in [0.1, 0.15) is 10.4 Å². The molecule has 2 aromatic carbocycles. The molecule has 0 aromatic heterocycles. The molecule has 7 heteroatoms. The molecular weight excluding hydrogens is 308 g/mol. The van der Waals surface area contributed by atoms with Gasteiger partial charge in [0.05, 0.1) is 22.1 Å². The van der Waals surface area contributed by atoms with Crippen LogP contribution in [0.4, 0.5) is 17.6 Å². The van der Waals surface area contributed by atoms with E-state index in [1.54, 1.807) is 0 Å². The molecule has 0 aliphatic carbocycles. The van der Waals surface area contributed by atoms with Crippen molar-refractivity contribution in [2.24, 2.45) is 0 Å². The molecule has 1 atom stereocenters. The maximum absolute atomic E-state index is 13.4. The first-order valence-corrected chi connectivity index (χ1v) is 7.02. The van der Waals surface area contributed by atoms with E-state index < -0.39 is 51.2 Å². The molecule has 0 radical (unpaired) electrons. The zero-order chi connectivity index (χ0) is 15.6. The van der Waals surface area contributed by atoms with Gasteiger partial charge in [-0.05, 0) is 30.3 Å². The van der Waals surface area contributed by atoms with Crippen molar-refractivity contribution >= 4 is 16.6 Å². The Bertz CT molecular complexity index is 711. The maximum Gasteiger partial charge on any atom is 0.181 e. The fraction of sp³-hybridized carbons (Fsp3) is 0.0714. The van der Waals surface area contributed by atoms with Crippen LogP contribution < -0.4 is 0 Å². The topological polar surface area (TPSA) is 34.1 Å². The summed E-state index contributed by atoms with van der Waals surface area (Å²) in [6.45, 7) is 0. The Kier molecular flexibility index (Phi) is 4.52. The number of carbonyl (C=O) groups is 1. The van der Waals surface area contributed by atoms with Crippen molar-refractivity contribution in [3.8, 4) is 0 Å². The molecule has 0 heterocycles. The Balaban J connectivity index is 2.23. The molecular formula is C14H8F4O2S. The van der Waals surface area contributed by atoms with Gasteiger partial charge in [0.25, 0.3) is 0 Å². The first-order valence-electron chi connectivity index (χ1n) is 5.71. The average Bonchev–Trinajstić information content (AvgIpc) is 2.41. The predicted octanol–water partition coefficient (Wildman–Crippen LogP) is 3.23. The molecule has 0 spiro atoms. The summed E-state index contributed by atoms with van der Waals surface area (Å²) in [7, 11) is -2.04. The van der Waals surface area contributed by atoms with Crippen LogP contribution in [0.25, 0.3) is 0 Å². The minimum Gasteiger partial charge on any atom is -0.293 e. The predicted molar refractivity (Wildman–Crippen MR) is 68.3 cm³/mol. The first kappa shape index (κ1) is 15.4. The van der Waals surface area contributed by atoms with Crippen molar-refractivity contribution in [3.63, 3.8) is 0 Å². The van der Waals surface area contributed by atoms with Crippen molar-refractivity contribution < 1.29 is 26.6 Å². The Morgan fingerprint density at radius 1 is 0.905 bits per heavy atom. The van der Waals surface area contributed by atoms with Gasteiger partial charge in [-0.25, -0.2) is 17.6 Å². The molecule has 2 aromatic rings. The number of benzene rings is 2. The molecule has 0 amide bonds. The minimum absolute atomic E-state index is 0.140. The van der Waals surface area contributed by atoms with Crippen molar-refractivity contribution in [3.05, 3.63) is 65.2 Å². The second-order valence-corrected chi connectivity index (χ2v) is 5.54. The van der Waals surface area contributed by atoms with E-state index in [1.165, 1.54) is 0 Å². The molecule has 0 aliphatic rings. The number of hydrogen-bond acceptors (Lipinski definition) is 2. The van der Waals surface area contributed by atoms with Crippen LogP contribution in [0.15, 0.2) is 41.3 Å². The largest absolute Gasteiger partial charge is 0.293 e. The maximum atomic E-state index is 13.4. The molecule has 0 bridgehead atoms. The monoisotopic (exact) mass is 316 g/mol. The summed E-state index contributed by atoms with van der Waals surface area (Å²) in [6.07, 6.45) is 0. The van der Waals surface area contributed by atoms with Crippen LogP contribution in [-0.4, -0.2) is 15.7 Å². The van der Waals surface area contributed by atoms with E-state index in [4.69, 9.17) is 0 Å². The fourth-order valence-electron chi connectivity index (χ4n) is 1.66. The highest BCUT2D eigenvalue weighted by Gasteiger charge is 2.20. The SMILES string of the molecule is O=C(CS(=O)c1ccc(F)c(F)c1)c1c(F)cccc1F. The third kappa shape index (κ3) is 3.36. The lowest BCUT2D eigenvalue weighted by molar-refractivity contribution is 0.101. The quantitative estimate of drug-likeness (QED) is 0.641. The summed E-state index contributed by atoms with van der Waals surface area (Å²) >= 11 is 0. The van der Waals surface area contributed by atoms with E-state index >= 15 is 0 Å². The highest BCUT2D eigenvalue weighted by atomic mass is 32.2. The lowest BCUT2D eigenvalue weighted by atomic mass is 10.1. The second-order valence-electron chi connectivity index (χ2n) is 4.09. The van der Waals surface area contributed by atoms with Gasteiger partial charge < -0.3 is 0 Å². The van der Waals surface area contributed by atoms with E-state index in [2.05, 4.69) is 0 Å². The van der Waals surface area contributed by atoms with Gasteiger partial charge in [0, 0.05) is 4.90 Å². The molecule has 0 fully saturated rings. The van der Waals surface area contributed by atoms with Crippen LogP contribution in [0.5, 0.6) is 0 Å². The fourth-order valence-corrected chi connectivity index (χ4v) is 2.66. The van der Waals surface area contributed by atoms with Crippen LogP contribution in [0.2, 0.25) is 0 Å². The zero-order valence-electron chi connectivity index (χ0n) is 10.4. The number of carbonyl (C=O) groups excluding carboxylic acids is 1. The number of ketones is 1. The van der Waals surface area contributed by atoms with E-state index in [0.717, 1.165) is 30.3 Å². The van der Waals surface area contributed by atoms with Gasteiger partial charge in [0.2, 0.25) is 0 Å². The van der Waals surface area contributed by atoms with Crippen molar-refractivity contribution in [2.75, 3.05) is 5.75 Å². The standard InChI is InChI=1S/C14H8F4O2S/c15-9-5-4-8(6-12(9)18)21(20)7-13(19)14-10(16)2-1-3-11(14)17/h1-6H,7H2. The van der Waals surface area contributed by atoms with E-state index in [1.807, 2.05) is 0 Å². The van der Waals surface area contributed by atoms with Gasteiger partial charge in [-0.3, -0.25) is 9.00 Å². The van der Waals surface area contributed by atoms with Crippen molar-refractivity contribution in [1.29, 1.82) is 0 Å². The van der Waals surface area contributed by atoms with Crippen molar-refractivity contribution in [1.82, 2.24) is 0 Å². The number of hydrogen-bond donors (Lipinski definition) is 0. The lowest BCUT2D eigenvalue weighted by Gasteiger charge is -2.05. The molecule has 21 heavy (non-hydrogen) atoms. The normalized spacial score (nSPS) is 12.2. The van der Waals surface area contributed by atoms with E-state index in [9.17, 15) is 26.6 Å². The molecule has 0 N–H and O–H groups in total. The van der Waals surface area contributed by atoms with Gasteiger partial charge in [-0.2, -0.15) is 0 Å². The van der Waals surface area contributed by atoms with Crippen molar-refractivity contribution in [2.45, 2.75) is 4.90 Å². The molecule has 0 saturated carbocycles. The summed E-state index contributed by atoms with van der Waals surface area (Å²) in [5, 5.41) is 0. The molecule has 0 aliphatic heterocycles. The smallest absolute Gasteiger partial charge is 0.181 e. The lowest BCUT2D eigenvalue weighted by Crippen LogP contribution is -2.14. The van der Waals surface area contributed by atoms with E-state index in [-0.39, 0.29) is 4.90 Å². The van der Waals surface area contributed by atoms with Crippen LogP contribution in [-0.2, 0) is 10.8 Å². The third-order valence-electron chi connectivity index (χ3n) is 2.66. The van der Waals surface area contributed by atoms with Gasteiger partial charge in [0.1, 0.15) is 11.6 Å². The minimum atomic E-state index is -2.04. The Labute approximate surface area is 119 Å². The summed E-state index contributed by atoms with van der Waals surface area (Å²) in [5.74, 6) is -6.23. The van der Waals surface area contributed by atoms with Crippen LogP contribution >= 0.6 is 0 Å².